The predicted octanol–water partition coefficient (Wildman–Crippen LogP) is 4.99. The molecule has 0 saturated heterocycles. The first-order chi connectivity index (χ1) is 12.3. The van der Waals surface area contributed by atoms with Gasteiger partial charge in [0, 0.05) is 23.2 Å². The summed E-state index contributed by atoms with van der Waals surface area (Å²) in [5.41, 5.74) is 4.67. The zero-order valence-electron chi connectivity index (χ0n) is 14.7. The van der Waals surface area contributed by atoms with Gasteiger partial charge in [0.1, 0.15) is 0 Å². The third-order valence-corrected chi connectivity index (χ3v) is 4.88. The van der Waals surface area contributed by atoms with Gasteiger partial charge in [-0.1, -0.05) is 67.6 Å². The highest BCUT2D eigenvalue weighted by atomic mass is 32.1. The van der Waals surface area contributed by atoms with Crippen LogP contribution in [-0.4, -0.2) is 16.9 Å². The van der Waals surface area contributed by atoms with Crippen molar-refractivity contribution in [2.45, 2.75) is 26.7 Å². The summed E-state index contributed by atoms with van der Waals surface area (Å²) >= 11 is 1.65. The van der Waals surface area contributed by atoms with E-state index in [1.165, 1.54) is 5.56 Å². The lowest BCUT2D eigenvalue weighted by Crippen LogP contribution is -2.14. The molecule has 0 unspecified atom stereocenters. The summed E-state index contributed by atoms with van der Waals surface area (Å²) in [7, 11) is 0. The van der Waals surface area contributed by atoms with E-state index in [4.69, 9.17) is 10.1 Å². The van der Waals surface area contributed by atoms with Crippen molar-refractivity contribution in [3.8, 4) is 11.3 Å². The van der Waals surface area contributed by atoms with E-state index in [2.05, 4.69) is 67.8 Å². The number of hydrogen-bond donors (Lipinski definition) is 0. The summed E-state index contributed by atoms with van der Waals surface area (Å²) in [5, 5.41) is 6.93. The standard InChI is InChI=1S/C21H23N3S/c1-3-17(2)23-24-20(19-12-8-5-9-13-19)16-25-21(24)22-15-14-18-10-6-4-7-11-18/h4-13,16H,3,14-15H2,1-2H3. The van der Waals surface area contributed by atoms with Crippen LogP contribution in [0.5, 0.6) is 0 Å². The molecule has 0 amide bonds. The second-order valence-corrected chi connectivity index (χ2v) is 6.72. The van der Waals surface area contributed by atoms with Crippen molar-refractivity contribution in [3.05, 3.63) is 76.4 Å². The molecule has 25 heavy (non-hydrogen) atoms. The van der Waals surface area contributed by atoms with Crippen LogP contribution in [0, 0.1) is 0 Å². The van der Waals surface area contributed by atoms with Gasteiger partial charge in [0.05, 0.1) is 5.69 Å². The van der Waals surface area contributed by atoms with Crippen LogP contribution in [0.2, 0.25) is 0 Å². The Morgan fingerprint density at radius 2 is 1.68 bits per heavy atom. The molecular formula is C21H23N3S. The molecule has 0 N–H and O–H groups in total. The van der Waals surface area contributed by atoms with Crippen LogP contribution in [-0.2, 0) is 6.42 Å². The van der Waals surface area contributed by atoms with E-state index in [0.717, 1.165) is 41.2 Å². The third kappa shape index (κ3) is 4.54. The minimum atomic E-state index is 0.763. The molecule has 0 saturated carbocycles. The maximum absolute atomic E-state index is 4.81. The molecular weight excluding hydrogens is 326 g/mol. The maximum atomic E-state index is 4.81. The smallest absolute Gasteiger partial charge is 0.206 e. The Balaban J connectivity index is 1.93. The normalized spacial score (nSPS) is 12.6. The number of hydrogen-bond acceptors (Lipinski definition) is 3. The van der Waals surface area contributed by atoms with E-state index in [1.807, 2.05) is 16.8 Å². The number of nitrogens with zero attached hydrogens (tertiary/aromatic N) is 3. The Hall–Kier alpha value is -2.46. The van der Waals surface area contributed by atoms with Gasteiger partial charge in [-0.25, -0.2) is 4.68 Å². The summed E-state index contributed by atoms with van der Waals surface area (Å²) in [6, 6.07) is 20.9. The van der Waals surface area contributed by atoms with Gasteiger partial charge in [0.15, 0.2) is 0 Å². The van der Waals surface area contributed by atoms with Crippen LogP contribution in [0.1, 0.15) is 25.8 Å². The van der Waals surface area contributed by atoms with E-state index in [-0.39, 0.29) is 0 Å². The topological polar surface area (TPSA) is 29.6 Å². The maximum Gasteiger partial charge on any atom is 0.206 e. The summed E-state index contributed by atoms with van der Waals surface area (Å²) in [6.07, 6.45) is 1.87. The number of benzene rings is 2. The molecule has 0 bridgehead atoms. The van der Waals surface area contributed by atoms with Gasteiger partial charge >= 0.3 is 0 Å². The molecule has 0 aliphatic heterocycles. The summed E-state index contributed by atoms with van der Waals surface area (Å²) in [6.45, 7) is 4.95. The Kier molecular flexibility index (Phi) is 5.96. The Bertz CT molecular complexity index is 890. The zero-order chi connectivity index (χ0) is 17.5. The summed E-state index contributed by atoms with van der Waals surface area (Å²) < 4.78 is 1.99. The highest BCUT2D eigenvalue weighted by Gasteiger charge is 2.07. The first-order valence-electron chi connectivity index (χ1n) is 8.62. The van der Waals surface area contributed by atoms with Crippen LogP contribution in [0.3, 0.4) is 0 Å². The lowest BCUT2D eigenvalue weighted by atomic mass is 10.2. The van der Waals surface area contributed by atoms with Gasteiger partial charge in [0.2, 0.25) is 4.80 Å². The summed E-state index contributed by atoms with van der Waals surface area (Å²) in [5.74, 6) is 0. The van der Waals surface area contributed by atoms with Gasteiger partial charge < -0.3 is 0 Å². The van der Waals surface area contributed by atoms with Crippen molar-refractivity contribution in [1.82, 2.24) is 4.68 Å². The van der Waals surface area contributed by atoms with Gasteiger partial charge in [-0.3, -0.25) is 4.99 Å². The second-order valence-electron chi connectivity index (χ2n) is 5.89. The fourth-order valence-electron chi connectivity index (χ4n) is 2.48. The quantitative estimate of drug-likeness (QED) is 0.561. The largest absolute Gasteiger partial charge is 0.257 e. The van der Waals surface area contributed by atoms with Crippen LogP contribution in [0.25, 0.3) is 11.3 Å². The molecule has 0 aliphatic carbocycles. The minimum Gasteiger partial charge on any atom is -0.257 e. The molecule has 3 aromatic rings. The van der Waals surface area contributed by atoms with E-state index >= 15 is 0 Å². The van der Waals surface area contributed by atoms with E-state index in [0.29, 0.717) is 0 Å². The van der Waals surface area contributed by atoms with Crippen LogP contribution >= 0.6 is 11.3 Å². The lowest BCUT2D eigenvalue weighted by Gasteiger charge is -2.05. The number of aromatic nitrogens is 1. The Morgan fingerprint density at radius 3 is 2.36 bits per heavy atom. The molecule has 3 rings (SSSR count). The van der Waals surface area contributed by atoms with Gasteiger partial charge in [-0.05, 0) is 25.3 Å². The first kappa shape index (κ1) is 17.4. The molecule has 1 aromatic heterocycles. The van der Waals surface area contributed by atoms with E-state index < -0.39 is 0 Å². The summed E-state index contributed by atoms with van der Waals surface area (Å²) in [4.78, 5) is 5.76. The molecule has 0 radical (unpaired) electrons. The third-order valence-electron chi connectivity index (χ3n) is 4.03. The van der Waals surface area contributed by atoms with Crippen molar-refractivity contribution in [2.24, 2.45) is 10.1 Å². The first-order valence-corrected chi connectivity index (χ1v) is 9.50. The fourth-order valence-corrected chi connectivity index (χ4v) is 3.34. The SMILES string of the molecule is CCC(C)=Nn1c(-c2ccccc2)csc1=NCCc1ccccc1. The lowest BCUT2D eigenvalue weighted by molar-refractivity contribution is 0.807. The van der Waals surface area contributed by atoms with Crippen molar-refractivity contribution in [1.29, 1.82) is 0 Å². The zero-order valence-corrected chi connectivity index (χ0v) is 15.5. The molecule has 0 atom stereocenters. The van der Waals surface area contributed by atoms with Crippen molar-refractivity contribution in [2.75, 3.05) is 6.54 Å². The van der Waals surface area contributed by atoms with Gasteiger partial charge in [-0.2, -0.15) is 5.10 Å². The monoisotopic (exact) mass is 349 g/mol. The predicted molar refractivity (Wildman–Crippen MR) is 107 cm³/mol. The fraction of sp³-hybridized carbons (Fsp3) is 0.238. The second kappa shape index (κ2) is 8.58. The van der Waals surface area contributed by atoms with Crippen LogP contribution in [0.15, 0.2) is 76.1 Å². The van der Waals surface area contributed by atoms with Gasteiger partial charge in [0.25, 0.3) is 0 Å². The molecule has 0 fully saturated rings. The van der Waals surface area contributed by atoms with E-state index in [1.54, 1.807) is 11.3 Å². The highest BCUT2D eigenvalue weighted by molar-refractivity contribution is 7.07. The van der Waals surface area contributed by atoms with Crippen LogP contribution in [0.4, 0.5) is 0 Å². The molecule has 2 aromatic carbocycles. The average molecular weight is 350 g/mol. The molecule has 0 spiro atoms. The number of thiazole rings is 1. The molecule has 0 aliphatic rings. The highest BCUT2D eigenvalue weighted by Crippen LogP contribution is 2.19. The average Bonchev–Trinajstić information content (AvgIpc) is 3.06. The minimum absolute atomic E-state index is 0.763. The van der Waals surface area contributed by atoms with Gasteiger partial charge in [-0.15, -0.1) is 11.3 Å². The number of rotatable bonds is 6. The van der Waals surface area contributed by atoms with Crippen LogP contribution < -0.4 is 4.80 Å². The van der Waals surface area contributed by atoms with Crippen molar-refractivity contribution >= 4 is 17.0 Å². The molecule has 128 valence electrons. The molecule has 1 heterocycles. The van der Waals surface area contributed by atoms with E-state index in [9.17, 15) is 0 Å². The van der Waals surface area contributed by atoms with Crippen molar-refractivity contribution < 1.29 is 0 Å². The van der Waals surface area contributed by atoms with Crippen molar-refractivity contribution in [3.63, 3.8) is 0 Å². The Morgan fingerprint density at radius 1 is 1.00 bits per heavy atom. The molecule has 3 nitrogen and oxygen atoms in total. The molecule has 4 heteroatoms. The Labute approximate surface area is 153 Å².